The van der Waals surface area contributed by atoms with Crippen molar-refractivity contribution in [3.8, 4) is 0 Å². The highest BCUT2D eigenvalue weighted by molar-refractivity contribution is 6.38. The molecule has 7 nitrogen and oxygen atoms in total. The van der Waals surface area contributed by atoms with Crippen molar-refractivity contribution < 1.29 is 28.7 Å². The van der Waals surface area contributed by atoms with E-state index in [1.165, 1.54) is 14.2 Å². The summed E-state index contributed by atoms with van der Waals surface area (Å²) in [6.45, 7) is 0. The predicted octanol–water partition coefficient (Wildman–Crippen LogP) is 3.50. The van der Waals surface area contributed by atoms with Gasteiger partial charge < -0.3 is 9.47 Å². The van der Waals surface area contributed by atoms with E-state index in [4.69, 9.17) is 9.47 Å². The van der Waals surface area contributed by atoms with Gasteiger partial charge in [-0.15, -0.1) is 0 Å². The Morgan fingerprint density at radius 2 is 1.23 bits per heavy atom. The molecular formula is C24H21NO6. The number of imide groups is 1. The van der Waals surface area contributed by atoms with Crippen LogP contribution in [0.15, 0.2) is 42.5 Å². The number of anilines is 1. The second-order valence-corrected chi connectivity index (χ2v) is 7.27. The average Bonchev–Trinajstić information content (AvgIpc) is 3.02. The van der Waals surface area contributed by atoms with Crippen LogP contribution in [-0.2, 0) is 22.3 Å². The Hall–Kier alpha value is -3.74. The molecule has 0 atom stereocenters. The fourth-order valence-electron chi connectivity index (χ4n) is 4.31. The Morgan fingerprint density at radius 3 is 1.65 bits per heavy atom. The minimum Gasteiger partial charge on any atom is -0.465 e. The zero-order valence-corrected chi connectivity index (χ0v) is 17.3. The van der Waals surface area contributed by atoms with Gasteiger partial charge in [-0.1, -0.05) is 30.4 Å². The number of nitrogens with zero attached hydrogens (tertiary/aromatic N) is 1. The fraction of sp³-hybridized carbons (Fsp3) is 0.250. The molecule has 0 radical (unpaired) electrons. The topological polar surface area (TPSA) is 90.0 Å². The van der Waals surface area contributed by atoms with Crippen LogP contribution in [0, 0.1) is 0 Å². The highest BCUT2D eigenvalue weighted by Crippen LogP contribution is 2.39. The summed E-state index contributed by atoms with van der Waals surface area (Å²) in [6, 6.07) is 8.41. The maximum atomic E-state index is 13.5. The van der Waals surface area contributed by atoms with Crippen LogP contribution in [0.3, 0.4) is 0 Å². The number of ether oxygens (including phenoxy) is 2. The first-order valence-electron chi connectivity index (χ1n) is 9.98. The summed E-state index contributed by atoms with van der Waals surface area (Å²) in [6.07, 6.45) is 6.11. The Morgan fingerprint density at radius 1 is 0.774 bits per heavy atom. The minimum absolute atomic E-state index is 0.0623. The number of esters is 2. The molecule has 4 rings (SSSR count). The third-order valence-electron chi connectivity index (χ3n) is 5.63. The normalized spacial score (nSPS) is 16.1. The zero-order chi connectivity index (χ0) is 22.1. The van der Waals surface area contributed by atoms with Crippen molar-refractivity contribution in [1.82, 2.24) is 0 Å². The van der Waals surface area contributed by atoms with E-state index in [0.717, 1.165) is 4.90 Å². The summed E-state index contributed by atoms with van der Waals surface area (Å²) in [5, 5.41) is 0. The molecule has 0 spiro atoms. The van der Waals surface area contributed by atoms with Gasteiger partial charge in [0.25, 0.3) is 11.8 Å². The van der Waals surface area contributed by atoms with Crippen molar-refractivity contribution in [2.75, 3.05) is 19.1 Å². The highest BCUT2D eigenvalue weighted by atomic mass is 16.5. The maximum absolute atomic E-state index is 13.5. The molecule has 0 saturated heterocycles. The van der Waals surface area contributed by atoms with Crippen LogP contribution in [0.25, 0.3) is 0 Å². The number of amides is 2. The van der Waals surface area contributed by atoms with E-state index in [1.807, 2.05) is 12.2 Å². The summed E-state index contributed by atoms with van der Waals surface area (Å²) in [5.74, 6) is -2.72. The lowest BCUT2D eigenvalue weighted by Gasteiger charge is -2.20. The molecule has 2 aromatic rings. The van der Waals surface area contributed by atoms with Crippen molar-refractivity contribution in [3.63, 3.8) is 0 Å². The summed E-state index contributed by atoms with van der Waals surface area (Å²) >= 11 is 0. The zero-order valence-electron chi connectivity index (χ0n) is 17.3. The van der Waals surface area contributed by atoms with E-state index in [1.54, 1.807) is 30.3 Å². The first kappa shape index (κ1) is 20.5. The molecule has 0 bridgehead atoms. The average molecular weight is 419 g/mol. The maximum Gasteiger partial charge on any atom is 0.338 e. The van der Waals surface area contributed by atoms with Crippen LogP contribution in [0.5, 0.6) is 0 Å². The molecule has 0 saturated carbocycles. The third-order valence-corrected chi connectivity index (χ3v) is 5.63. The van der Waals surface area contributed by atoms with Crippen LogP contribution >= 0.6 is 0 Å². The van der Waals surface area contributed by atoms with Gasteiger partial charge in [0.1, 0.15) is 0 Å². The Bertz CT molecular complexity index is 1060. The number of benzene rings is 2. The summed E-state index contributed by atoms with van der Waals surface area (Å²) in [7, 11) is 2.46. The third kappa shape index (κ3) is 3.22. The van der Waals surface area contributed by atoms with Gasteiger partial charge in [0, 0.05) is 0 Å². The van der Waals surface area contributed by atoms with E-state index in [-0.39, 0.29) is 22.3 Å². The van der Waals surface area contributed by atoms with Gasteiger partial charge in [0.05, 0.1) is 42.2 Å². The van der Waals surface area contributed by atoms with E-state index in [2.05, 4.69) is 0 Å². The molecule has 0 fully saturated rings. The fourth-order valence-corrected chi connectivity index (χ4v) is 4.31. The molecule has 31 heavy (non-hydrogen) atoms. The highest BCUT2D eigenvalue weighted by Gasteiger charge is 2.46. The van der Waals surface area contributed by atoms with Crippen LogP contribution < -0.4 is 4.90 Å². The number of carbonyl (C=O) groups excluding carboxylic acids is 4. The summed E-state index contributed by atoms with van der Waals surface area (Å²) in [5.41, 5.74) is 1.42. The predicted molar refractivity (Wildman–Crippen MR) is 112 cm³/mol. The lowest BCUT2D eigenvalue weighted by Crippen LogP contribution is -2.30. The molecule has 0 N–H and O–H groups in total. The number of para-hydroxylation sites is 1. The van der Waals surface area contributed by atoms with Crippen LogP contribution in [-0.4, -0.2) is 38.0 Å². The number of allylic oxidation sites excluding steroid dienone is 2. The second-order valence-electron chi connectivity index (χ2n) is 7.27. The van der Waals surface area contributed by atoms with E-state index < -0.39 is 23.8 Å². The quantitative estimate of drug-likeness (QED) is 0.430. The van der Waals surface area contributed by atoms with Crippen LogP contribution in [0.4, 0.5) is 5.69 Å². The summed E-state index contributed by atoms with van der Waals surface area (Å²) in [4.78, 5) is 53.7. The first-order chi connectivity index (χ1) is 15.0. The monoisotopic (exact) mass is 419 g/mol. The number of fused-ring (bicyclic) bond motifs is 2. The lowest BCUT2D eigenvalue weighted by atomic mass is 9.82. The largest absolute Gasteiger partial charge is 0.465 e. The molecule has 0 aromatic heterocycles. The van der Waals surface area contributed by atoms with Gasteiger partial charge >= 0.3 is 11.9 Å². The van der Waals surface area contributed by atoms with Crippen molar-refractivity contribution in [2.24, 2.45) is 0 Å². The molecule has 2 amide bonds. The number of hydrogen-bond acceptors (Lipinski definition) is 6. The van der Waals surface area contributed by atoms with E-state index in [0.29, 0.717) is 42.5 Å². The molecule has 1 aliphatic carbocycles. The van der Waals surface area contributed by atoms with Crippen molar-refractivity contribution in [2.45, 2.75) is 25.7 Å². The molecule has 2 aromatic carbocycles. The lowest BCUT2D eigenvalue weighted by molar-refractivity contribution is 0.0582. The number of rotatable bonds is 3. The van der Waals surface area contributed by atoms with E-state index >= 15 is 0 Å². The Labute approximate surface area is 179 Å². The molecule has 7 heteroatoms. The van der Waals surface area contributed by atoms with Gasteiger partial charge in [0.2, 0.25) is 0 Å². The molecule has 1 heterocycles. The first-order valence-corrected chi connectivity index (χ1v) is 9.98. The molecule has 2 aliphatic rings. The molecule has 1 aliphatic heterocycles. The molecule has 158 valence electrons. The van der Waals surface area contributed by atoms with Gasteiger partial charge in [-0.3, -0.25) is 9.59 Å². The number of hydrogen-bond donors (Lipinski definition) is 0. The van der Waals surface area contributed by atoms with Gasteiger partial charge in [-0.25, -0.2) is 14.5 Å². The van der Waals surface area contributed by atoms with Crippen LogP contribution in [0.2, 0.25) is 0 Å². The van der Waals surface area contributed by atoms with Crippen molar-refractivity contribution >= 4 is 29.4 Å². The number of carbonyl (C=O) groups is 4. The smallest absolute Gasteiger partial charge is 0.338 e. The Balaban J connectivity index is 2.08. The second kappa shape index (κ2) is 8.18. The standard InChI is InChI=1S/C24H21NO6/c1-30-23(28)17-15-12-8-3-4-9-13-16(15)18(24(29)31-2)20-19(17)21(26)25(22(20)27)14-10-6-5-7-11-14/h3-7,10-11H,8-9,12-13H2,1-2H3/b4-3-. The SMILES string of the molecule is COC(=O)c1c2c(c(C(=O)OC)c3c1C(=O)N(c1ccccc1)C3=O)CC/C=C\CC2. The Kier molecular flexibility index (Phi) is 5.42. The van der Waals surface area contributed by atoms with Gasteiger partial charge in [-0.2, -0.15) is 0 Å². The minimum atomic E-state index is -0.704. The van der Waals surface area contributed by atoms with Gasteiger partial charge in [-0.05, 0) is 48.9 Å². The molecule has 0 unspecified atom stereocenters. The summed E-state index contributed by atoms with van der Waals surface area (Å²) < 4.78 is 9.99. The number of methoxy groups -OCH3 is 2. The van der Waals surface area contributed by atoms with Gasteiger partial charge in [0.15, 0.2) is 0 Å². The molecular weight excluding hydrogens is 398 g/mol. The van der Waals surface area contributed by atoms with Crippen LogP contribution in [0.1, 0.15) is 65.4 Å². The van der Waals surface area contributed by atoms with Crippen molar-refractivity contribution in [1.29, 1.82) is 0 Å². The van der Waals surface area contributed by atoms with E-state index in [9.17, 15) is 19.2 Å². The van der Waals surface area contributed by atoms with Crippen molar-refractivity contribution in [3.05, 3.63) is 75.9 Å².